The Labute approximate surface area is 86.6 Å². The molecule has 0 aromatic heterocycles. The highest BCUT2D eigenvalue weighted by Gasteiger charge is 2.40. The van der Waals surface area contributed by atoms with E-state index in [0.29, 0.717) is 0 Å². The van der Waals surface area contributed by atoms with Gasteiger partial charge in [-0.15, -0.1) is 0 Å². The smallest absolute Gasteiger partial charge is 0.0992 e. The minimum atomic E-state index is 0.889. The summed E-state index contributed by atoms with van der Waals surface area (Å²) < 4.78 is 5.70. The van der Waals surface area contributed by atoms with Crippen molar-refractivity contribution in [2.75, 3.05) is 19.9 Å². The van der Waals surface area contributed by atoms with Crippen molar-refractivity contribution < 1.29 is 4.74 Å². The molecule has 2 nitrogen and oxygen atoms in total. The third-order valence-electron chi connectivity index (χ3n) is 4.45. The van der Waals surface area contributed by atoms with E-state index in [2.05, 4.69) is 4.90 Å². The first-order valence-corrected chi connectivity index (χ1v) is 6.27. The Kier molecular flexibility index (Phi) is 2.50. The first-order valence-electron chi connectivity index (χ1n) is 6.27. The van der Waals surface area contributed by atoms with E-state index < -0.39 is 0 Å². The molecular formula is C12H21NO. The summed E-state index contributed by atoms with van der Waals surface area (Å²) in [7, 11) is 0. The Morgan fingerprint density at radius 1 is 0.929 bits per heavy atom. The highest BCUT2D eigenvalue weighted by molar-refractivity contribution is 4.92. The molecule has 3 fully saturated rings. The van der Waals surface area contributed by atoms with Gasteiger partial charge in [-0.3, -0.25) is 4.90 Å². The minimum Gasteiger partial charge on any atom is -0.366 e. The highest BCUT2D eigenvalue weighted by Crippen LogP contribution is 2.41. The standard InChI is InChI=1S/C12H21NO/c1-3-10-5-2-7-13-9-14-8-6-11(4-1)12(10)13/h10-12H,1-9H2/t10-,11-,12+/m0/s1. The van der Waals surface area contributed by atoms with Crippen molar-refractivity contribution >= 4 is 0 Å². The Balaban J connectivity index is 1.82. The van der Waals surface area contributed by atoms with Crippen LogP contribution in [0.25, 0.3) is 0 Å². The molecule has 0 unspecified atom stereocenters. The summed E-state index contributed by atoms with van der Waals surface area (Å²) in [5.74, 6) is 1.96. The number of nitrogens with zero attached hydrogens (tertiary/aromatic N) is 1. The third kappa shape index (κ3) is 1.49. The molecule has 14 heavy (non-hydrogen) atoms. The number of rotatable bonds is 0. The zero-order chi connectivity index (χ0) is 9.38. The predicted molar refractivity (Wildman–Crippen MR) is 56.0 cm³/mol. The molecule has 3 rings (SSSR count). The van der Waals surface area contributed by atoms with E-state index in [1.807, 2.05) is 0 Å². The predicted octanol–water partition coefficient (Wildman–Crippen LogP) is 2.24. The van der Waals surface area contributed by atoms with Gasteiger partial charge in [0.1, 0.15) is 0 Å². The quantitative estimate of drug-likeness (QED) is 0.588. The zero-order valence-corrected chi connectivity index (χ0v) is 8.95. The number of piperidine rings is 1. The molecule has 0 aromatic rings. The summed E-state index contributed by atoms with van der Waals surface area (Å²) >= 11 is 0. The lowest BCUT2D eigenvalue weighted by Gasteiger charge is -2.46. The SMILES string of the molecule is C1C[C@H]2CCCN3COCC[C@H](C1)[C@@H]23. The first kappa shape index (κ1) is 9.17. The number of hydrogen-bond acceptors (Lipinski definition) is 2. The average molecular weight is 195 g/mol. The van der Waals surface area contributed by atoms with Crippen LogP contribution in [0.2, 0.25) is 0 Å². The van der Waals surface area contributed by atoms with Crippen LogP contribution < -0.4 is 0 Å². The van der Waals surface area contributed by atoms with Gasteiger partial charge in [0.15, 0.2) is 0 Å². The Bertz CT molecular complexity index is 186. The van der Waals surface area contributed by atoms with Crippen LogP contribution >= 0.6 is 0 Å². The monoisotopic (exact) mass is 195 g/mol. The van der Waals surface area contributed by atoms with Crippen LogP contribution in [0.1, 0.15) is 38.5 Å². The van der Waals surface area contributed by atoms with Crippen LogP contribution in [-0.2, 0) is 4.74 Å². The van der Waals surface area contributed by atoms with Crippen LogP contribution in [0.3, 0.4) is 0 Å². The maximum Gasteiger partial charge on any atom is 0.0992 e. The van der Waals surface area contributed by atoms with Gasteiger partial charge in [-0.25, -0.2) is 0 Å². The van der Waals surface area contributed by atoms with Crippen LogP contribution in [0.4, 0.5) is 0 Å². The summed E-state index contributed by atoms with van der Waals surface area (Å²) in [4.78, 5) is 2.63. The van der Waals surface area contributed by atoms with E-state index in [0.717, 1.165) is 31.2 Å². The molecule has 3 aliphatic rings. The summed E-state index contributed by atoms with van der Waals surface area (Å²) in [5, 5.41) is 0. The third-order valence-corrected chi connectivity index (χ3v) is 4.45. The van der Waals surface area contributed by atoms with Crippen molar-refractivity contribution in [3.05, 3.63) is 0 Å². The van der Waals surface area contributed by atoms with Gasteiger partial charge in [0.2, 0.25) is 0 Å². The second kappa shape index (κ2) is 3.82. The molecule has 0 amide bonds. The van der Waals surface area contributed by atoms with Gasteiger partial charge in [-0.1, -0.05) is 6.42 Å². The van der Waals surface area contributed by atoms with Crippen molar-refractivity contribution in [3.63, 3.8) is 0 Å². The van der Waals surface area contributed by atoms with E-state index in [-0.39, 0.29) is 0 Å². The van der Waals surface area contributed by atoms with E-state index in [1.165, 1.54) is 45.1 Å². The molecule has 1 saturated carbocycles. The van der Waals surface area contributed by atoms with Crippen LogP contribution in [0, 0.1) is 11.8 Å². The van der Waals surface area contributed by atoms with Gasteiger partial charge >= 0.3 is 0 Å². The van der Waals surface area contributed by atoms with Gasteiger partial charge < -0.3 is 4.74 Å². The number of ether oxygens (including phenoxy) is 1. The minimum absolute atomic E-state index is 0.889. The average Bonchev–Trinajstić information content (AvgIpc) is 2.44. The van der Waals surface area contributed by atoms with E-state index in [9.17, 15) is 0 Å². The fourth-order valence-electron chi connectivity index (χ4n) is 3.87. The fraction of sp³-hybridized carbons (Fsp3) is 1.00. The van der Waals surface area contributed by atoms with Gasteiger partial charge in [-0.2, -0.15) is 0 Å². The van der Waals surface area contributed by atoms with Crippen molar-refractivity contribution in [2.24, 2.45) is 11.8 Å². The van der Waals surface area contributed by atoms with Crippen molar-refractivity contribution in [1.82, 2.24) is 4.90 Å². The summed E-state index contributed by atoms with van der Waals surface area (Å²) in [6.07, 6.45) is 8.62. The topological polar surface area (TPSA) is 12.5 Å². The molecule has 0 bridgehead atoms. The van der Waals surface area contributed by atoms with Gasteiger partial charge in [0.05, 0.1) is 6.73 Å². The second-order valence-corrected chi connectivity index (χ2v) is 5.22. The van der Waals surface area contributed by atoms with Gasteiger partial charge in [-0.05, 0) is 43.9 Å². The summed E-state index contributed by atoms with van der Waals surface area (Å²) in [5.41, 5.74) is 0. The van der Waals surface area contributed by atoms with E-state index in [4.69, 9.17) is 4.74 Å². The number of hydrogen-bond donors (Lipinski definition) is 0. The van der Waals surface area contributed by atoms with Crippen LogP contribution in [0.5, 0.6) is 0 Å². The maximum atomic E-state index is 5.70. The van der Waals surface area contributed by atoms with Crippen molar-refractivity contribution in [3.8, 4) is 0 Å². The molecule has 0 spiro atoms. The van der Waals surface area contributed by atoms with Gasteiger partial charge in [0.25, 0.3) is 0 Å². The van der Waals surface area contributed by atoms with Gasteiger partial charge in [0, 0.05) is 19.2 Å². The molecule has 3 atom stereocenters. The zero-order valence-electron chi connectivity index (χ0n) is 8.95. The van der Waals surface area contributed by atoms with Crippen molar-refractivity contribution in [1.29, 1.82) is 0 Å². The van der Waals surface area contributed by atoms with E-state index in [1.54, 1.807) is 0 Å². The normalized spacial score (nSPS) is 44.1. The molecule has 0 radical (unpaired) electrons. The van der Waals surface area contributed by atoms with E-state index >= 15 is 0 Å². The molecular weight excluding hydrogens is 174 g/mol. The molecule has 2 aliphatic heterocycles. The molecule has 80 valence electrons. The maximum absolute atomic E-state index is 5.70. The molecule has 2 heterocycles. The Hall–Kier alpha value is -0.0800. The molecule has 2 saturated heterocycles. The Morgan fingerprint density at radius 2 is 1.71 bits per heavy atom. The van der Waals surface area contributed by atoms with Crippen LogP contribution in [0.15, 0.2) is 0 Å². The molecule has 1 aliphatic carbocycles. The largest absolute Gasteiger partial charge is 0.366 e. The first-order chi connectivity index (χ1) is 6.95. The van der Waals surface area contributed by atoms with Crippen LogP contribution in [-0.4, -0.2) is 30.8 Å². The Morgan fingerprint density at radius 3 is 2.64 bits per heavy atom. The van der Waals surface area contributed by atoms with Crippen molar-refractivity contribution in [2.45, 2.75) is 44.6 Å². The fourth-order valence-corrected chi connectivity index (χ4v) is 3.87. The molecule has 0 aromatic carbocycles. The lowest BCUT2D eigenvalue weighted by atomic mass is 9.71. The second-order valence-electron chi connectivity index (χ2n) is 5.22. The highest BCUT2D eigenvalue weighted by atomic mass is 16.5. The lowest BCUT2D eigenvalue weighted by Crippen LogP contribution is -2.50. The molecule has 2 heteroatoms. The molecule has 0 N–H and O–H groups in total. The summed E-state index contributed by atoms with van der Waals surface area (Å²) in [6, 6.07) is 0.889. The lowest BCUT2D eigenvalue weighted by molar-refractivity contribution is -0.0253. The summed E-state index contributed by atoms with van der Waals surface area (Å²) in [6.45, 7) is 3.21.